The number of benzene rings is 1. The van der Waals surface area contributed by atoms with Gasteiger partial charge in [0.15, 0.2) is 0 Å². The molecule has 1 heterocycles. The van der Waals surface area contributed by atoms with E-state index in [0.29, 0.717) is 24.0 Å². The fourth-order valence-corrected chi connectivity index (χ4v) is 2.06. The van der Waals surface area contributed by atoms with Crippen LogP contribution in [0.3, 0.4) is 0 Å². The van der Waals surface area contributed by atoms with E-state index in [2.05, 4.69) is 26.1 Å². The number of alkyl halides is 1. The van der Waals surface area contributed by atoms with Crippen LogP contribution in [0.25, 0.3) is 11.4 Å². The zero-order valence-electron chi connectivity index (χ0n) is 8.70. The van der Waals surface area contributed by atoms with Crippen LogP contribution >= 0.6 is 27.5 Å². The van der Waals surface area contributed by atoms with Crippen LogP contribution in [0.4, 0.5) is 0 Å². The van der Waals surface area contributed by atoms with Crippen molar-refractivity contribution >= 4 is 27.5 Å². The Balaban J connectivity index is 2.35. The first-order chi connectivity index (χ1) is 7.70. The van der Waals surface area contributed by atoms with E-state index in [0.717, 1.165) is 15.6 Å². The molecule has 0 saturated carbocycles. The predicted molar refractivity (Wildman–Crippen MR) is 66.6 cm³/mol. The van der Waals surface area contributed by atoms with Crippen molar-refractivity contribution in [3.63, 3.8) is 0 Å². The molecule has 84 valence electrons. The summed E-state index contributed by atoms with van der Waals surface area (Å²) in [5.74, 6) is 1.68. The summed E-state index contributed by atoms with van der Waals surface area (Å²) in [5, 5.41) is 3.94. The van der Waals surface area contributed by atoms with Crippen molar-refractivity contribution in [1.29, 1.82) is 0 Å². The average molecular weight is 302 g/mol. The highest BCUT2D eigenvalue weighted by molar-refractivity contribution is 9.10. The van der Waals surface area contributed by atoms with Crippen molar-refractivity contribution in [2.24, 2.45) is 0 Å². The van der Waals surface area contributed by atoms with Gasteiger partial charge in [-0.3, -0.25) is 0 Å². The second kappa shape index (κ2) is 4.97. The van der Waals surface area contributed by atoms with E-state index in [-0.39, 0.29) is 0 Å². The van der Waals surface area contributed by atoms with Gasteiger partial charge in [-0.2, -0.15) is 4.98 Å². The first-order valence-electron chi connectivity index (χ1n) is 4.86. The van der Waals surface area contributed by atoms with Gasteiger partial charge in [0, 0.05) is 22.3 Å². The fraction of sp³-hybridized carbons (Fsp3) is 0.273. The number of nitrogens with zero attached hydrogens (tertiary/aromatic N) is 2. The molecule has 1 aromatic heterocycles. The average Bonchev–Trinajstić information content (AvgIpc) is 2.67. The van der Waals surface area contributed by atoms with Crippen LogP contribution in [0, 0.1) is 6.92 Å². The van der Waals surface area contributed by atoms with E-state index in [1.807, 2.05) is 25.1 Å². The molecular formula is C11H10BrClN2O. The molecule has 0 aliphatic rings. The highest BCUT2D eigenvalue weighted by atomic mass is 79.9. The summed E-state index contributed by atoms with van der Waals surface area (Å²) >= 11 is 9.03. The third-order valence-corrected chi connectivity index (χ3v) is 2.89. The molecule has 0 saturated heterocycles. The smallest absolute Gasteiger partial charge is 0.228 e. The summed E-state index contributed by atoms with van der Waals surface area (Å²) in [6, 6.07) is 5.95. The number of halogens is 2. The van der Waals surface area contributed by atoms with Gasteiger partial charge < -0.3 is 4.52 Å². The maximum absolute atomic E-state index is 5.61. The third kappa shape index (κ3) is 2.44. The quantitative estimate of drug-likeness (QED) is 0.813. The molecule has 5 heteroatoms. The van der Waals surface area contributed by atoms with Crippen LogP contribution in [0.2, 0.25) is 0 Å². The molecule has 2 aromatic rings. The molecule has 0 fully saturated rings. The molecule has 0 aliphatic carbocycles. The van der Waals surface area contributed by atoms with Crippen molar-refractivity contribution in [1.82, 2.24) is 10.1 Å². The molecule has 3 nitrogen and oxygen atoms in total. The monoisotopic (exact) mass is 300 g/mol. The highest BCUT2D eigenvalue weighted by Gasteiger charge is 2.10. The predicted octanol–water partition coefficient (Wildman–Crippen LogP) is 3.59. The molecule has 0 aliphatic heterocycles. The van der Waals surface area contributed by atoms with Gasteiger partial charge >= 0.3 is 0 Å². The molecule has 16 heavy (non-hydrogen) atoms. The first kappa shape index (κ1) is 11.6. The number of hydrogen-bond donors (Lipinski definition) is 0. The van der Waals surface area contributed by atoms with Gasteiger partial charge in [0.1, 0.15) is 0 Å². The molecule has 0 bridgehead atoms. The SMILES string of the molecule is Cc1cc(Br)ccc1-c1noc(CCCl)n1. The van der Waals surface area contributed by atoms with Crippen LogP contribution < -0.4 is 0 Å². The Bertz CT molecular complexity index is 498. The molecule has 0 atom stereocenters. The lowest BCUT2D eigenvalue weighted by Crippen LogP contribution is -1.88. The van der Waals surface area contributed by atoms with Crippen molar-refractivity contribution in [3.05, 3.63) is 34.1 Å². The van der Waals surface area contributed by atoms with Gasteiger partial charge in [-0.05, 0) is 30.7 Å². The Hall–Kier alpha value is -0.870. The Morgan fingerprint density at radius 1 is 1.44 bits per heavy atom. The molecule has 1 aromatic carbocycles. The number of rotatable bonds is 3. The Morgan fingerprint density at radius 2 is 2.25 bits per heavy atom. The standard InChI is InChI=1S/C11H10BrClN2O/c1-7-6-8(12)2-3-9(7)11-14-10(4-5-13)16-15-11/h2-3,6H,4-5H2,1H3. The molecular weight excluding hydrogens is 291 g/mol. The summed E-state index contributed by atoms with van der Waals surface area (Å²) in [5.41, 5.74) is 2.08. The van der Waals surface area contributed by atoms with Crippen molar-refractivity contribution in [3.8, 4) is 11.4 Å². The van der Waals surface area contributed by atoms with Crippen molar-refractivity contribution < 1.29 is 4.52 Å². The minimum Gasteiger partial charge on any atom is -0.339 e. The van der Waals surface area contributed by atoms with E-state index in [1.54, 1.807) is 0 Å². The van der Waals surface area contributed by atoms with Crippen LogP contribution in [-0.4, -0.2) is 16.0 Å². The Morgan fingerprint density at radius 3 is 2.94 bits per heavy atom. The lowest BCUT2D eigenvalue weighted by Gasteiger charge is -2.00. The Labute approximate surface area is 107 Å². The normalized spacial score (nSPS) is 10.7. The van der Waals surface area contributed by atoms with Crippen molar-refractivity contribution in [2.45, 2.75) is 13.3 Å². The summed E-state index contributed by atoms with van der Waals surface area (Å²) in [4.78, 5) is 4.28. The summed E-state index contributed by atoms with van der Waals surface area (Å²) in [7, 11) is 0. The van der Waals surface area contributed by atoms with E-state index in [1.165, 1.54) is 0 Å². The lowest BCUT2D eigenvalue weighted by atomic mass is 10.1. The largest absolute Gasteiger partial charge is 0.339 e. The fourth-order valence-electron chi connectivity index (χ4n) is 1.42. The minimum absolute atomic E-state index is 0.487. The Kier molecular flexibility index (Phi) is 3.61. The van der Waals surface area contributed by atoms with E-state index in [9.17, 15) is 0 Å². The van der Waals surface area contributed by atoms with Gasteiger partial charge in [0.05, 0.1) is 0 Å². The second-order valence-corrected chi connectivity index (χ2v) is 4.70. The molecule has 0 amide bonds. The second-order valence-electron chi connectivity index (χ2n) is 3.41. The zero-order valence-corrected chi connectivity index (χ0v) is 11.0. The van der Waals surface area contributed by atoms with E-state index >= 15 is 0 Å². The van der Waals surface area contributed by atoms with Gasteiger partial charge in [0.2, 0.25) is 11.7 Å². The summed E-state index contributed by atoms with van der Waals surface area (Å²) in [6.07, 6.45) is 0.601. The summed E-state index contributed by atoms with van der Waals surface area (Å²) < 4.78 is 6.13. The number of aryl methyl sites for hydroxylation is 2. The van der Waals surface area contributed by atoms with Crippen LogP contribution in [-0.2, 0) is 6.42 Å². The maximum atomic E-state index is 5.61. The van der Waals surface area contributed by atoms with Gasteiger partial charge in [-0.1, -0.05) is 21.1 Å². The lowest BCUT2D eigenvalue weighted by molar-refractivity contribution is 0.383. The van der Waals surface area contributed by atoms with E-state index in [4.69, 9.17) is 16.1 Å². The van der Waals surface area contributed by atoms with Gasteiger partial charge in [-0.15, -0.1) is 11.6 Å². The van der Waals surface area contributed by atoms with Crippen molar-refractivity contribution in [2.75, 3.05) is 5.88 Å². The first-order valence-corrected chi connectivity index (χ1v) is 6.18. The topological polar surface area (TPSA) is 38.9 Å². The number of aromatic nitrogens is 2. The van der Waals surface area contributed by atoms with Crippen LogP contribution in [0.15, 0.2) is 27.2 Å². The highest BCUT2D eigenvalue weighted by Crippen LogP contribution is 2.23. The molecule has 0 unspecified atom stereocenters. The molecule has 0 N–H and O–H groups in total. The molecule has 0 radical (unpaired) electrons. The third-order valence-electron chi connectivity index (χ3n) is 2.21. The molecule has 2 rings (SSSR count). The maximum Gasteiger partial charge on any atom is 0.228 e. The van der Waals surface area contributed by atoms with Gasteiger partial charge in [-0.25, -0.2) is 0 Å². The molecule has 0 spiro atoms. The van der Waals surface area contributed by atoms with E-state index < -0.39 is 0 Å². The number of hydrogen-bond acceptors (Lipinski definition) is 3. The zero-order chi connectivity index (χ0) is 11.5. The van der Waals surface area contributed by atoms with Crippen LogP contribution in [0.5, 0.6) is 0 Å². The van der Waals surface area contributed by atoms with Gasteiger partial charge in [0.25, 0.3) is 0 Å². The summed E-state index contributed by atoms with van der Waals surface area (Å²) in [6.45, 7) is 2.01. The van der Waals surface area contributed by atoms with Crippen LogP contribution in [0.1, 0.15) is 11.5 Å². The minimum atomic E-state index is 0.487.